The van der Waals surface area contributed by atoms with E-state index in [9.17, 15) is 18.7 Å². The van der Waals surface area contributed by atoms with E-state index in [0.717, 1.165) is 5.56 Å². The zero-order valence-corrected chi connectivity index (χ0v) is 13.9. The molecular formula is C18H15F2N3O3. The molecule has 0 fully saturated rings. The molecule has 0 unspecified atom stereocenters. The normalized spacial score (nSPS) is 13.3. The second-order valence-corrected chi connectivity index (χ2v) is 6.28. The molecule has 0 aliphatic heterocycles. The highest BCUT2D eigenvalue weighted by Crippen LogP contribution is 2.39. The number of carboxylic acids is 1. The van der Waals surface area contributed by atoms with E-state index in [1.807, 2.05) is 0 Å². The van der Waals surface area contributed by atoms with Crippen molar-refractivity contribution in [2.75, 3.05) is 0 Å². The number of hydrogen-bond acceptors (Lipinski definition) is 4. The lowest BCUT2D eigenvalue weighted by atomic mass is 9.94. The standard InChI is InChI=1S/C18H15F2N3O3/c1-10-14-12(26-16(10)17(24)25)6-5-11-8-23(22-15(11)14)9-18(19,20)13-4-2-3-7-21-13/h2-4,7-8H,5-6,9H2,1H3,(H,24,25). The van der Waals surface area contributed by atoms with Crippen molar-refractivity contribution in [2.24, 2.45) is 0 Å². The second kappa shape index (κ2) is 5.76. The zero-order chi connectivity index (χ0) is 18.5. The Kier molecular flexibility index (Phi) is 3.64. The fraction of sp³-hybridized carbons (Fsp3) is 0.278. The Hall–Kier alpha value is -3.03. The van der Waals surface area contributed by atoms with Crippen LogP contribution in [0.2, 0.25) is 0 Å². The Morgan fingerprint density at radius 3 is 2.88 bits per heavy atom. The van der Waals surface area contributed by atoms with E-state index in [-0.39, 0.29) is 11.5 Å². The number of fused-ring (bicyclic) bond motifs is 3. The second-order valence-electron chi connectivity index (χ2n) is 6.28. The molecule has 3 heterocycles. The van der Waals surface area contributed by atoms with Gasteiger partial charge in [-0.2, -0.15) is 13.9 Å². The Morgan fingerprint density at radius 1 is 1.38 bits per heavy atom. The lowest BCUT2D eigenvalue weighted by molar-refractivity contribution is -0.0296. The Morgan fingerprint density at radius 2 is 2.19 bits per heavy atom. The molecule has 6 nitrogen and oxygen atoms in total. The van der Waals surface area contributed by atoms with Gasteiger partial charge >= 0.3 is 11.9 Å². The molecule has 3 aromatic rings. The van der Waals surface area contributed by atoms with Crippen molar-refractivity contribution in [1.29, 1.82) is 0 Å². The number of furan rings is 1. The predicted octanol–water partition coefficient (Wildman–Crippen LogP) is 3.44. The SMILES string of the molecule is Cc1c(C(=O)O)oc2c1-c1nn(CC(F)(F)c3ccccn3)cc1CC2. The number of carbonyl (C=O) groups is 1. The molecule has 26 heavy (non-hydrogen) atoms. The van der Waals surface area contributed by atoms with Crippen LogP contribution >= 0.6 is 0 Å². The first kappa shape index (κ1) is 16.4. The van der Waals surface area contributed by atoms with Crippen molar-refractivity contribution < 1.29 is 23.1 Å². The Balaban J connectivity index is 1.71. The van der Waals surface area contributed by atoms with E-state index in [1.165, 1.54) is 23.0 Å². The van der Waals surface area contributed by atoms with E-state index in [0.29, 0.717) is 35.4 Å². The van der Waals surface area contributed by atoms with Gasteiger partial charge in [0.25, 0.3) is 0 Å². The highest BCUT2D eigenvalue weighted by molar-refractivity contribution is 5.90. The van der Waals surface area contributed by atoms with Gasteiger partial charge in [-0.15, -0.1) is 0 Å². The molecule has 134 valence electrons. The average molecular weight is 359 g/mol. The minimum Gasteiger partial charge on any atom is -0.475 e. The number of aromatic carboxylic acids is 1. The summed E-state index contributed by atoms with van der Waals surface area (Å²) in [7, 11) is 0. The molecule has 0 saturated heterocycles. The first-order valence-corrected chi connectivity index (χ1v) is 8.08. The van der Waals surface area contributed by atoms with Gasteiger partial charge in [-0.3, -0.25) is 9.67 Å². The molecule has 1 aliphatic rings. The highest BCUT2D eigenvalue weighted by atomic mass is 19.3. The van der Waals surface area contributed by atoms with Gasteiger partial charge in [-0.1, -0.05) is 6.07 Å². The fourth-order valence-corrected chi connectivity index (χ4v) is 3.31. The summed E-state index contributed by atoms with van der Waals surface area (Å²) in [5, 5.41) is 13.5. The van der Waals surface area contributed by atoms with Crippen LogP contribution in [-0.4, -0.2) is 25.8 Å². The lowest BCUT2D eigenvalue weighted by Gasteiger charge is -2.15. The highest BCUT2D eigenvalue weighted by Gasteiger charge is 2.35. The van der Waals surface area contributed by atoms with Gasteiger partial charge in [0.15, 0.2) is 0 Å². The van der Waals surface area contributed by atoms with Gasteiger partial charge in [0, 0.05) is 29.9 Å². The van der Waals surface area contributed by atoms with Crippen molar-refractivity contribution in [3.63, 3.8) is 0 Å². The maximum atomic E-state index is 14.5. The number of aromatic nitrogens is 3. The van der Waals surface area contributed by atoms with Gasteiger partial charge in [0.05, 0.1) is 5.69 Å². The maximum absolute atomic E-state index is 14.5. The molecule has 0 spiro atoms. The minimum absolute atomic E-state index is 0.129. The molecule has 1 aliphatic carbocycles. The van der Waals surface area contributed by atoms with Crippen LogP contribution in [0.15, 0.2) is 35.0 Å². The molecule has 0 radical (unpaired) electrons. The number of nitrogens with zero attached hydrogens (tertiary/aromatic N) is 3. The van der Waals surface area contributed by atoms with Gasteiger partial charge < -0.3 is 9.52 Å². The topological polar surface area (TPSA) is 81.1 Å². The molecule has 0 saturated carbocycles. The van der Waals surface area contributed by atoms with Crippen molar-refractivity contribution in [1.82, 2.24) is 14.8 Å². The number of hydrogen-bond donors (Lipinski definition) is 1. The van der Waals surface area contributed by atoms with Crippen LogP contribution in [-0.2, 0) is 25.3 Å². The van der Waals surface area contributed by atoms with Crippen LogP contribution in [0.1, 0.15) is 33.1 Å². The predicted molar refractivity (Wildman–Crippen MR) is 87.2 cm³/mol. The van der Waals surface area contributed by atoms with Crippen molar-refractivity contribution in [3.05, 3.63) is 58.9 Å². The number of aryl methyl sites for hydroxylation is 2. The van der Waals surface area contributed by atoms with E-state index in [4.69, 9.17) is 4.42 Å². The monoisotopic (exact) mass is 359 g/mol. The van der Waals surface area contributed by atoms with Crippen LogP contribution in [0.4, 0.5) is 8.78 Å². The van der Waals surface area contributed by atoms with Gasteiger partial charge in [0.1, 0.15) is 18.0 Å². The Labute approximate surface area is 147 Å². The summed E-state index contributed by atoms with van der Waals surface area (Å²) < 4.78 is 35.6. The smallest absolute Gasteiger partial charge is 0.372 e. The van der Waals surface area contributed by atoms with Crippen LogP contribution in [0.3, 0.4) is 0 Å². The van der Waals surface area contributed by atoms with Gasteiger partial charge in [-0.05, 0) is 31.0 Å². The van der Waals surface area contributed by atoms with Crippen LogP contribution in [0.5, 0.6) is 0 Å². The maximum Gasteiger partial charge on any atom is 0.372 e. The molecule has 0 aromatic carbocycles. The molecule has 0 amide bonds. The number of pyridine rings is 1. The largest absolute Gasteiger partial charge is 0.475 e. The Bertz CT molecular complexity index is 993. The van der Waals surface area contributed by atoms with Gasteiger partial charge in [-0.25, -0.2) is 4.79 Å². The van der Waals surface area contributed by atoms with Crippen LogP contribution in [0.25, 0.3) is 11.3 Å². The summed E-state index contributed by atoms with van der Waals surface area (Å²) in [6.07, 6.45) is 3.98. The average Bonchev–Trinajstić information content (AvgIpc) is 3.15. The van der Waals surface area contributed by atoms with E-state index in [1.54, 1.807) is 19.2 Å². The molecule has 4 rings (SSSR count). The summed E-state index contributed by atoms with van der Waals surface area (Å²) in [6.45, 7) is 0.997. The van der Waals surface area contributed by atoms with Crippen LogP contribution < -0.4 is 0 Å². The third kappa shape index (κ3) is 2.58. The molecule has 3 aromatic heterocycles. The summed E-state index contributed by atoms with van der Waals surface area (Å²) in [5.41, 5.74) is 2.06. The summed E-state index contributed by atoms with van der Waals surface area (Å²) in [4.78, 5) is 15.0. The third-order valence-corrected chi connectivity index (χ3v) is 4.51. The molecule has 0 atom stereocenters. The van der Waals surface area contributed by atoms with E-state index < -0.39 is 18.4 Å². The summed E-state index contributed by atoms with van der Waals surface area (Å²) in [6, 6.07) is 4.37. The number of halogens is 2. The number of carboxylic acid groups (broad SMARTS) is 1. The van der Waals surface area contributed by atoms with Crippen LogP contribution in [0, 0.1) is 6.92 Å². The van der Waals surface area contributed by atoms with E-state index >= 15 is 0 Å². The number of rotatable bonds is 4. The molecular weight excluding hydrogens is 344 g/mol. The molecule has 0 bridgehead atoms. The summed E-state index contributed by atoms with van der Waals surface area (Å²) >= 11 is 0. The zero-order valence-electron chi connectivity index (χ0n) is 13.9. The summed E-state index contributed by atoms with van der Waals surface area (Å²) in [5.74, 6) is -3.92. The molecule has 1 N–H and O–H groups in total. The van der Waals surface area contributed by atoms with E-state index in [2.05, 4.69) is 10.1 Å². The van der Waals surface area contributed by atoms with Crippen molar-refractivity contribution >= 4 is 5.97 Å². The van der Waals surface area contributed by atoms with Gasteiger partial charge in [0.2, 0.25) is 5.76 Å². The third-order valence-electron chi connectivity index (χ3n) is 4.51. The van der Waals surface area contributed by atoms with Crippen molar-refractivity contribution in [2.45, 2.75) is 32.2 Å². The minimum atomic E-state index is -3.17. The number of alkyl halides is 2. The lowest BCUT2D eigenvalue weighted by Crippen LogP contribution is -2.23. The first-order chi connectivity index (χ1) is 12.4. The first-order valence-electron chi connectivity index (χ1n) is 8.08. The quantitative estimate of drug-likeness (QED) is 0.772. The van der Waals surface area contributed by atoms with Crippen molar-refractivity contribution in [3.8, 4) is 11.3 Å². The molecule has 8 heteroatoms. The fourth-order valence-electron chi connectivity index (χ4n) is 3.31.